The Kier molecular flexibility index (Phi) is 2.53. The van der Waals surface area contributed by atoms with Crippen LogP contribution in [0.3, 0.4) is 0 Å². The molecular weight excluding hydrogens is 94.0 g/mol. The molecule has 0 heterocycles. The van der Waals surface area contributed by atoms with Crippen LogP contribution in [-0.4, -0.2) is 6.09 Å². The van der Waals surface area contributed by atoms with Crippen LogP contribution in [0.5, 0.6) is 0 Å². The van der Waals surface area contributed by atoms with Crippen LogP contribution in [0, 0.1) is 12.0 Å². The summed E-state index contributed by atoms with van der Waals surface area (Å²) < 4.78 is 0. The molecule has 0 saturated carbocycles. The van der Waals surface area contributed by atoms with Gasteiger partial charge in [-0.15, -0.1) is 0 Å². The van der Waals surface area contributed by atoms with Gasteiger partial charge in [-0.2, -0.15) is 0 Å². The van der Waals surface area contributed by atoms with Crippen molar-refractivity contribution in [1.29, 1.82) is 0 Å². The van der Waals surface area contributed by atoms with Crippen LogP contribution in [-0.2, 0) is 5.11 Å². The van der Waals surface area contributed by atoms with Gasteiger partial charge in [-0.3, -0.25) is 0 Å². The molecule has 0 aromatic carbocycles. The van der Waals surface area contributed by atoms with E-state index in [1.165, 1.54) is 6.92 Å². The van der Waals surface area contributed by atoms with Crippen molar-refractivity contribution in [3.8, 4) is 12.0 Å². The second kappa shape index (κ2) is 3.04. The third kappa shape index (κ3) is 4.83. The van der Waals surface area contributed by atoms with E-state index in [2.05, 4.69) is 12.0 Å². The molecule has 0 spiro atoms. The molecule has 0 bridgehead atoms. The second-order valence-electron chi connectivity index (χ2n) is 0.787. The zero-order valence-corrected chi connectivity index (χ0v) is 3.82. The first-order valence-electron chi connectivity index (χ1n) is 1.66. The first-order valence-corrected chi connectivity index (χ1v) is 1.66. The van der Waals surface area contributed by atoms with Crippen molar-refractivity contribution in [2.45, 2.75) is 6.92 Å². The van der Waals surface area contributed by atoms with Gasteiger partial charge in [-0.05, 0) is 6.92 Å². The molecular formula is C4H4NO2. The molecule has 0 aromatic rings. The minimum atomic E-state index is -1.37. The highest BCUT2D eigenvalue weighted by Gasteiger charge is 1.86. The van der Waals surface area contributed by atoms with Gasteiger partial charge in [0.2, 0.25) is 0 Å². The van der Waals surface area contributed by atoms with Crippen molar-refractivity contribution in [2.75, 3.05) is 0 Å². The highest BCUT2D eigenvalue weighted by atomic mass is 16.4. The van der Waals surface area contributed by atoms with Crippen molar-refractivity contribution < 1.29 is 9.90 Å². The summed E-state index contributed by atoms with van der Waals surface area (Å²) in [5.41, 5.74) is 0. The molecule has 3 nitrogen and oxygen atoms in total. The fraction of sp³-hybridized carbons (Fsp3) is 0.250. The Morgan fingerprint density at radius 3 is 2.43 bits per heavy atom. The van der Waals surface area contributed by atoms with Crippen LogP contribution in [0.2, 0.25) is 0 Å². The minimum absolute atomic E-state index is 1.37. The van der Waals surface area contributed by atoms with Gasteiger partial charge in [0, 0.05) is 6.04 Å². The zero-order valence-electron chi connectivity index (χ0n) is 3.82. The lowest BCUT2D eigenvalue weighted by molar-refractivity contribution is 0.174. The molecule has 0 rings (SSSR count). The molecule has 0 aliphatic carbocycles. The Balaban J connectivity index is 3.26. The van der Waals surface area contributed by atoms with E-state index < -0.39 is 6.09 Å². The average Bonchev–Trinajstić information content (AvgIpc) is 1.61. The predicted octanol–water partition coefficient (Wildman–Crippen LogP) is 0.107. The summed E-state index contributed by atoms with van der Waals surface area (Å²) in [5.74, 6) is 2.32. The Morgan fingerprint density at radius 1 is 1.71 bits per heavy atom. The van der Waals surface area contributed by atoms with Crippen LogP contribution < -0.4 is 5.32 Å². The number of nitrogens with one attached hydrogen (secondary N) is 1. The molecule has 0 saturated heterocycles. The molecule has 7 heavy (non-hydrogen) atoms. The van der Waals surface area contributed by atoms with Crippen molar-refractivity contribution in [1.82, 2.24) is 5.32 Å². The molecule has 3 heteroatoms. The maximum atomic E-state index is 9.43. The lowest BCUT2D eigenvalue weighted by Crippen LogP contribution is -2.11. The van der Waals surface area contributed by atoms with Gasteiger partial charge in [0.05, 0.1) is 0 Å². The summed E-state index contributed by atoms with van der Waals surface area (Å²) in [6.45, 7) is 1.52. The van der Waals surface area contributed by atoms with Gasteiger partial charge in [-0.1, -0.05) is 5.92 Å². The van der Waals surface area contributed by atoms with Gasteiger partial charge < -0.3 is 0 Å². The van der Waals surface area contributed by atoms with E-state index in [1.807, 2.05) is 0 Å². The number of hydrogen-bond donors (Lipinski definition) is 1. The van der Waals surface area contributed by atoms with Crippen molar-refractivity contribution in [3.05, 3.63) is 0 Å². The Labute approximate surface area is 41.3 Å². The SMILES string of the molecule is CC#CNC([O])=O. The third-order valence-electron chi connectivity index (χ3n) is 0.290. The molecule has 1 radical (unpaired) electrons. The van der Waals surface area contributed by atoms with E-state index in [-0.39, 0.29) is 0 Å². The monoisotopic (exact) mass is 98.0 g/mol. The number of carbonyl (C=O) groups excluding carboxylic acids is 1. The van der Waals surface area contributed by atoms with Crippen LogP contribution in [0.4, 0.5) is 4.79 Å². The molecule has 1 N–H and O–H groups in total. The first-order chi connectivity index (χ1) is 3.27. The largest absolute Gasteiger partial charge is 0.461 e. The maximum absolute atomic E-state index is 9.43. The first kappa shape index (κ1) is 5.83. The van der Waals surface area contributed by atoms with Gasteiger partial charge in [-0.25, -0.2) is 15.2 Å². The summed E-state index contributed by atoms with van der Waals surface area (Å²) in [6.07, 6.45) is -1.37. The summed E-state index contributed by atoms with van der Waals surface area (Å²) in [5, 5.41) is 11.2. The molecule has 0 atom stereocenters. The van der Waals surface area contributed by atoms with Crippen molar-refractivity contribution in [3.63, 3.8) is 0 Å². The normalized spacial score (nSPS) is 5.86. The summed E-state index contributed by atoms with van der Waals surface area (Å²) in [6, 6.07) is 2.09. The Hall–Kier alpha value is -1.17. The number of amides is 1. The quantitative estimate of drug-likeness (QED) is 0.339. The van der Waals surface area contributed by atoms with E-state index in [4.69, 9.17) is 0 Å². The Bertz CT molecular complexity index is 119. The lowest BCUT2D eigenvalue weighted by atomic mass is 10.8. The Morgan fingerprint density at radius 2 is 2.29 bits per heavy atom. The summed E-state index contributed by atoms with van der Waals surface area (Å²) in [4.78, 5) is 9.43. The van der Waals surface area contributed by atoms with Gasteiger partial charge >= 0.3 is 6.09 Å². The average molecular weight is 98.1 g/mol. The fourth-order valence-electron chi connectivity index (χ4n) is 0.114. The number of carbonyl (C=O) groups is 1. The smallest absolute Gasteiger partial charge is 0.247 e. The molecule has 0 fully saturated rings. The highest BCUT2D eigenvalue weighted by Crippen LogP contribution is 1.54. The highest BCUT2D eigenvalue weighted by molar-refractivity contribution is 5.66. The second-order valence-corrected chi connectivity index (χ2v) is 0.787. The molecule has 0 unspecified atom stereocenters. The molecule has 0 aliphatic heterocycles. The molecule has 0 aromatic heterocycles. The van der Waals surface area contributed by atoms with Crippen LogP contribution in [0.1, 0.15) is 6.92 Å². The third-order valence-corrected chi connectivity index (χ3v) is 0.290. The molecule has 1 amide bonds. The van der Waals surface area contributed by atoms with E-state index in [0.717, 1.165) is 0 Å². The van der Waals surface area contributed by atoms with Gasteiger partial charge in [0.25, 0.3) is 0 Å². The fourth-order valence-corrected chi connectivity index (χ4v) is 0.114. The lowest BCUT2D eigenvalue weighted by Gasteiger charge is -1.75. The molecule has 0 aliphatic rings. The van der Waals surface area contributed by atoms with E-state index in [9.17, 15) is 9.90 Å². The maximum Gasteiger partial charge on any atom is 0.461 e. The number of hydrogen-bond acceptors (Lipinski definition) is 1. The van der Waals surface area contributed by atoms with Crippen LogP contribution in [0.15, 0.2) is 0 Å². The van der Waals surface area contributed by atoms with Crippen molar-refractivity contribution in [2.24, 2.45) is 0 Å². The standard InChI is InChI=1S/C4H4NO2/c1-2-3-5-4(6)7/h5H,1H3. The van der Waals surface area contributed by atoms with E-state index >= 15 is 0 Å². The van der Waals surface area contributed by atoms with Crippen molar-refractivity contribution >= 4 is 6.09 Å². The summed E-state index contributed by atoms with van der Waals surface area (Å²) >= 11 is 0. The van der Waals surface area contributed by atoms with E-state index in [0.29, 0.717) is 0 Å². The zero-order chi connectivity index (χ0) is 5.70. The van der Waals surface area contributed by atoms with Gasteiger partial charge in [0.15, 0.2) is 0 Å². The molecule has 37 valence electrons. The number of rotatable bonds is 0. The van der Waals surface area contributed by atoms with E-state index in [1.54, 1.807) is 5.32 Å². The van der Waals surface area contributed by atoms with Crippen LogP contribution >= 0.6 is 0 Å². The predicted molar refractivity (Wildman–Crippen MR) is 22.7 cm³/mol. The summed E-state index contributed by atoms with van der Waals surface area (Å²) in [7, 11) is 0. The topological polar surface area (TPSA) is 49.0 Å². The van der Waals surface area contributed by atoms with Gasteiger partial charge in [0.1, 0.15) is 0 Å². The van der Waals surface area contributed by atoms with Crippen LogP contribution in [0.25, 0.3) is 0 Å². The minimum Gasteiger partial charge on any atom is -0.247 e.